The number of nitrogens with one attached hydrogen (secondary N) is 1. The van der Waals surface area contributed by atoms with Crippen molar-refractivity contribution < 1.29 is 35.7 Å². The zero-order valence-corrected chi connectivity index (χ0v) is 19.9. The van der Waals surface area contributed by atoms with Crippen LogP contribution in [0.25, 0.3) is 0 Å². The van der Waals surface area contributed by atoms with Crippen molar-refractivity contribution in [3.8, 4) is 0 Å². The molecule has 3 aromatic heterocycles. The number of carbonyl (C=O) groups is 1. The Hall–Kier alpha value is -3.47. The minimum atomic E-state index is -4.58. The van der Waals surface area contributed by atoms with E-state index in [0.29, 0.717) is 12.0 Å². The van der Waals surface area contributed by atoms with Gasteiger partial charge in [-0.25, -0.2) is 15.1 Å². The van der Waals surface area contributed by atoms with Gasteiger partial charge in [0.2, 0.25) is 5.78 Å². The average molecular weight is 542 g/mol. The van der Waals surface area contributed by atoms with Gasteiger partial charge in [0.25, 0.3) is 0 Å². The minimum Gasteiger partial charge on any atom is -0.393 e. The smallest absolute Gasteiger partial charge is 0.393 e. The summed E-state index contributed by atoms with van der Waals surface area (Å²) in [5.41, 5.74) is -0.611. The van der Waals surface area contributed by atoms with Crippen molar-refractivity contribution in [2.75, 3.05) is 11.9 Å². The van der Waals surface area contributed by atoms with E-state index in [2.05, 4.69) is 29.6 Å². The predicted octanol–water partition coefficient (Wildman–Crippen LogP) is 1.14. The number of hydrogen-bond acceptors (Lipinski definition) is 10. The SMILES string of the molecule is NS(=O)(=O)OC[C@H]1C[C@@H](Nc2ncncc2C(=O)c2ccn(Cc3ccnc(C(F)(F)F)c3)n2)C[C@@H]1O. The number of halogens is 3. The Morgan fingerprint density at radius 2 is 2.05 bits per heavy atom. The molecule has 3 heterocycles. The van der Waals surface area contributed by atoms with Gasteiger partial charge in [0.05, 0.1) is 24.8 Å². The van der Waals surface area contributed by atoms with Gasteiger partial charge in [-0.2, -0.15) is 26.7 Å². The molecule has 0 aliphatic heterocycles. The summed E-state index contributed by atoms with van der Waals surface area (Å²) in [6.45, 7) is -0.301. The van der Waals surface area contributed by atoms with Crippen LogP contribution in [-0.2, 0) is 27.2 Å². The number of anilines is 1. The summed E-state index contributed by atoms with van der Waals surface area (Å²) >= 11 is 0. The third-order valence-electron chi connectivity index (χ3n) is 5.73. The molecule has 12 nitrogen and oxygen atoms in total. The van der Waals surface area contributed by atoms with E-state index in [0.717, 1.165) is 12.3 Å². The third kappa shape index (κ3) is 6.85. The quantitative estimate of drug-likeness (QED) is 0.333. The zero-order valence-electron chi connectivity index (χ0n) is 19.0. The summed E-state index contributed by atoms with van der Waals surface area (Å²) in [6.07, 6.45) is 0.171. The lowest BCUT2D eigenvalue weighted by Crippen LogP contribution is -2.24. The first-order valence-electron chi connectivity index (χ1n) is 10.9. The van der Waals surface area contributed by atoms with Crippen LogP contribution < -0.4 is 10.5 Å². The molecule has 3 aromatic rings. The molecular formula is C21H22F3N7O5S. The Morgan fingerprint density at radius 3 is 2.78 bits per heavy atom. The molecule has 1 fully saturated rings. The number of rotatable bonds is 9. The van der Waals surface area contributed by atoms with Gasteiger partial charge >= 0.3 is 16.5 Å². The molecule has 37 heavy (non-hydrogen) atoms. The van der Waals surface area contributed by atoms with Crippen molar-refractivity contribution in [3.63, 3.8) is 0 Å². The second kappa shape index (κ2) is 10.5. The first-order valence-corrected chi connectivity index (χ1v) is 12.4. The Labute approximate surface area is 209 Å². The molecule has 1 saturated carbocycles. The van der Waals surface area contributed by atoms with Gasteiger partial charge in [-0.1, -0.05) is 0 Å². The molecule has 0 unspecified atom stereocenters. The Bertz CT molecular complexity index is 1380. The first-order chi connectivity index (χ1) is 17.4. The van der Waals surface area contributed by atoms with Gasteiger partial charge in [-0.05, 0) is 36.6 Å². The molecule has 198 valence electrons. The summed E-state index contributed by atoms with van der Waals surface area (Å²) < 4.78 is 66.7. The highest BCUT2D eigenvalue weighted by molar-refractivity contribution is 7.84. The molecule has 0 radical (unpaired) electrons. The topological polar surface area (TPSA) is 175 Å². The van der Waals surface area contributed by atoms with Crippen LogP contribution in [0, 0.1) is 5.92 Å². The minimum absolute atomic E-state index is 0.0166. The standard InChI is InChI=1S/C21H22F3N7O5S/c22-21(23,24)18-5-12(1-3-27-18)9-31-4-2-16(30-31)19(33)15-8-26-11-28-20(15)29-14-6-13(17(32)7-14)10-36-37(25,34)35/h1-5,8,11,13-14,17,32H,6-7,9-10H2,(H2,25,34,35)(H,26,28,29)/t13-,14-,17+/m1/s1. The Morgan fingerprint density at radius 1 is 1.27 bits per heavy atom. The van der Waals surface area contributed by atoms with Crippen LogP contribution in [0.4, 0.5) is 19.0 Å². The predicted molar refractivity (Wildman–Crippen MR) is 121 cm³/mol. The number of aliphatic hydroxyl groups excluding tert-OH is 1. The number of nitrogens with two attached hydrogens (primary N) is 1. The van der Waals surface area contributed by atoms with Crippen LogP contribution in [0.2, 0.25) is 0 Å². The monoisotopic (exact) mass is 541 g/mol. The van der Waals surface area contributed by atoms with Crippen molar-refractivity contribution in [3.05, 3.63) is 65.6 Å². The molecule has 4 rings (SSSR count). The largest absolute Gasteiger partial charge is 0.433 e. The summed E-state index contributed by atoms with van der Waals surface area (Å²) in [5, 5.41) is 22.3. The molecule has 0 spiro atoms. The van der Waals surface area contributed by atoms with E-state index in [1.165, 1.54) is 35.5 Å². The highest BCUT2D eigenvalue weighted by atomic mass is 32.2. The average Bonchev–Trinajstić information content (AvgIpc) is 3.43. The van der Waals surface area contributed by atoms with Gasteiger partial charge in [0.1, 0.15) is 23.5 Å². The van der Waals surface area contributed by atoms with Crippen LogP contribution in [-0.4, -0.2) is 62.8 Å². The zero-order chi connectivity index (χ0) is 26.8. The summed E-state index contributed by atoms with van der Waals surface area (Å²) in [4.78, 5) is 24.5. The molecule has 0 aromatic carbocycles. The number of carbonyl (C=O) groups excluding carboxylic acids is 1. The molecular weight excluding hydrogens is 519 g/mol. The fraction of sp³-hybridized carbons (Fsp3) is 0.381. The third-order valence-corrected chi connectivity index (χ3v) is 6.20. The van der Waals surface area contributed by atoms with Gasteiger partial charge in [-0.15, -0.1) is 0 Å². The summed E-state index contributed by atoms with van der Waals surface area (Å²) in [7, 11) is -4.15. The molecule has 16 heteroatoms. The number of alkyl halides is 3. The number of hydrogen-bond donors (Lipinski definition) is 3. The number of nitrogens with zero attached hydrogens (tertiary/aromatic N) is 5. The van der Waals surface area contributed by atoms with E-state index in [-0.39, 0.29) is 42.7 Å². The van der Waals surface area contributed by atoms with Crippen LogP contribution in [0.15, 0.2) is 43.1 Å². The van der Waals surface area contributed by atoms with Gasteiger partial charge < -0.3 is 10.4 Å². The highest BCUT2D eigenvalue weighted by Crippen LogP contribution is 2.30. The van der Waals surface area contributed by atoms with Gasteiger partial charge in [0, 0.05) is 30.6 Å². The number of pyridine rings is 1. The van der Waals surface area contributed by atoms with Crippen molar-refractivity contribution >= 4 is 21.9 Å². The lowest BCUT2D eigenvalue weighted by Gasteiger charge is -2.15. The van der Waals surface area contributed by atoms with E-state index in [1.807, 2.05) is 0 Å². The number of ketones is 1. The molecule has 4 N–H and O–H groups in total. The Kier molecular flexibility index (Phi) is 7.54. The normalized spacial score (nSPS) is 20.2. The van der Waals surface area contributed by atoms with Crippen molar-refractivity contribution in [1.29, 1.82) is 0 Å². The lowest BCUT2D eigenvalue weighted by molar-refractivity contribution is -0.141. The maximum absolute atomic E-state index is 13.1. The van der Waals surface area contributed by atoms with Crippen LogP contribution >= 0.6 is 0 Å². The summed E-state index contributed by atoms with van der Waals surface area (Å²) in [5.74, 6) is -0.845. The molecule has 1 aliphatic carbocycles. The molecule has 0 bridgehead atoms. The maximum Gasteiger partial charge on any atom is 0.433 e. The van der Waals surface area contributed by atoms with Gasteiger partial charge in [0.15, 0.2) is 0 Å². The van der Waals surface area contributed by atoms with Crippen LogP contribution in [0.3, 0.4) is 0 Å². The van der Waals surface area contributed by atoms with Crippen molar-refractivity contribution in [1.82, 2.24) is 24.7 Å². The first kappa shape index (κ1) is 26.6. The molecule has 1 aliphatic rings. The van der Waals surface area contributed by atoms with E-state index in [9.17, 15) is 31.5 Å². The maximum atomic E-state index is 13.1. The second-order valence-electron chi connectivity index (χ2n) is 8.48. The van der Waals surface area contributed by atoms with Crippen molar-refractivity contribution in [2.45, 2.75) is 37.7 Å². The molecule has 0 saturated heterocycles. The van der Waals surface area contributed by atoms with E-state index in [1.54, 1.807) is 0 Å². The summed E-state index contributed by atoms with van der Waals surface area (Å²) in [6, 6.07) is 3.40. The second-order valence-corrected chi connectivity index (χ2v) is 9.70. The fourth-order valence-electron chi connectivity index (χ4n) is 4.01. The van der Waals surface area contributed by atoms with E-state index >= 15 is 0 Å². The number of aromatic nitrogens is 5. The van der Waals surface area contributed by atoms with E-state index < -0.39 is 40.0 Å². The van der Waals surface area contributed by atoms with Crippen LogP contribution in [0.1, 0.15) is 40.2 Å². The van der Waals surface area contributed by atoms with E-state index in [4.69, 9.17) is 5.14 Å². The molecule has 0 amide bonds. The lowest BCUT2D eigenvalue weighted by atomic mass is 10.1. The van der Waals surface area contributed by atoms with Crippen LogP contribution in [0.5, 0.6) is 0 Å². The van der Waals surface area contributed by atoms with Crippen molar-refractivity contribution in [2.24, 2.45) is 11.1 Å². The number of aliphatic hydroxyl groups is 1. The fourth-order valence-corrected chi connectivity index (χ4v) is 4.37. The Balaban J connectivity index is 1.45. The highest BCUT2D eigenvalue weighted by Gasteiger charge is 2.35. The molecule has 3 atom stereocenters. The van der Waals surface area contributed by atoms with Gasteiger partial charge in [-0.3, -0.25) is 18.6 Å².